The number of hydrogen-bond acceptors (Lipinski definition) is 5. The lowest BCUT2D eigenvalue weighted by Crippen LogP contribution is -2.31. The summed E-state index contributed by atoms with van der Waals surface area (Å²) in [6.07, 6.45) is 3.19. The highest BCUT2D eigenvalue weighted by Crippen LogP contribution is 2.24. The van der Waals surface area contributed by atoms with Crippen LogP contribution in [0.3, 0.4) is 0 Å². The summed E-state index contributed by atoms with van der Waals surface area (Å²) in [5, 5.41) is 12.8. The standard InChI is InChI=1S/C13H15F2N3OS/c1-7(12(5-19)20-2)18-13-8-3-9(14)10(15)4-11(8)16-6-17-13/h3-4,6-7,12,19H,5H2,1-2H3,(H,16,17,18)/t7-,12-/m1/s1. The Hall–Kier alpha value is -1.47. The minimum atomic E-state index is -0.938. The first kappa shape index (κ1) is 14.9. The molecule has 0 spiro atoms. The van der Waals surface area contributed by atoms with Gasteiger partial charge in [0, 0.05) is 22.7 Å². The lowest BCUT2D eigenvalue weighted by molar-refractivity contribution is 0.288. The van der Waals surface area contributed by atoms with Crippen molar-refractivity contribution in [2.24, 2.45) is 0 Å². The second kappa shape index (κ2) is 6.32. The summed E-state index contributed by atoms with van der Waals surface area (Å²) in [5.41, 5.74) is 0.332. The van der Waals surface area contributed by atoms with Crippen molar-refractivity contribution < 1.29 is 13.9 Å². The molecule has 0 saturated heterocycles. The zero-order valence-corrected chi connectivity index (χ0v) is 11.9. The Kier molecular flexibility index (Phi) is 4.72. The Morgan fingerprint density at radius 2 is 2.00 bits per heavy atom. The van der Waals surface area contributed by atoms with E-state index in [2.05, 4.69) is 15.3 Å². The van der Waals surface area contributed by atoms with Gasteiger partial charge in [0.25, 0.3) is 0 Å². The lowest BCUT2D eigenvalue weighted by Gasteiger charge is -2.22. The van der Waals surface area contributed by atoms with Gasteiger partial charge in [-0.3, -0.25) is 0 Å². The van der Waals surface area contributed by atoms with E-state index in [-0.39, 0.29) is 17.9 Å². The van der Waals surface area contributed by atoms with Gasteiger partial charge in [-0.1, -0.05) is 0 Å². The molecule has 1 heterocycles. The number of aliphatic hydroxyl groups is 1. The molecular weight excluding hydrogens is 284 g/mol. The van der Waals surface area contributed by atoms with E-state index in [4.69, 9.17) is 0 Å². The molecule has 0 saturated carbocycles. The van der Waals surface area contributed by atoms with Gasteiger partial charge in [-0.2, -0.15) is 11.8 Å². The first-order valence-electron chi connectivity index (χ1n) is 6.06. The number of hydrogen-bond donors (Lipinski definition) is 2. The van der Waals surface area contributed by atoms with Crippen molar-refractivity contribution in [1.82, 2.24) is 9.97 Å². The van der Waals surface area contributed by atoms with Crippen LogP contribution in [0.2, 0.25) is 0 Å². The molecule has 2 rings (SSSR count). The van der Waals surface area contributed by atoms with E-state index < -0.39 is 11.6 Å². The molecular formula is C13H15F2N3OS. The third-order valence-corrected chi connectivity index (χ3v) is 4.24. The van der Waals surface area contributed by atoms with Gasteiger partial charge in [0.2, 0.25) is 0 Å². The van der Waals surface area contributed by atoms with Crippen LogP contribution in [0.5, 0.6) is 0 Å². The molecule has 7 heteroatoms. The Morgan fingerprint density at radius 1 is 1.30 bits per heavy atom. The molecule has 0 bridgehead atoms. The summed E-state index contributed by atoms with van der Waals surface area (Å²) in [7, 11) is 0. The SMILES string of the molecule is CS[C@H](CO)[C@@H](C)Nc1ncnc2cc(F)c(F)cc12. The van der Waals surface area contributed by atoms with Crippen molar-refractivity contribution >= 4 is 28.5 Å². The maximum absolute atomic E-state index is 13.4. The fraction of sp³-hybridized carbons (Fsp3) is 0.385. The summed E-state index contributed by atoms with van der Waals surface area (Å²) in [6.45, 7) is 1.91. The number of halogens is 2. The Labute approximate surface area is 119 Å². The zero-order valence-electron chi connectivity index (χ0n) is 11.1. The molecule has 0 aliphatic heterocycles. The van der Waals surface area contributed by atoms with Gasteiger partial charge in [0.05, 0.1) is 12.1 Å². The summed E-state index contributed by atoms with van der Waals surface area (Å²) in [4.78, 5) is 7.99. The average Bonchev–Trinajstić information content (AvgIpc) is 2.42. The number of thioether (sulfide) groups is 1. The van der Waals surface area contributed by atoms with E-state index in [1.165, 1.54) is 18.1 Å². The zero-order chi connectivity index (χ0) is 14.7. The predicted molar refractivity (Wildman–Crippen MR) is 76.9 cm³/mol. The van der Waals surface area contributed by atoms with Crippen molar-refractivity contribution in [3.05, 3.63) is 30.1 Å². The van der Waals surface area contributed by atoms with E-state index in [9.17, 15) is 13.9 Å². The molecule has 0 aliphatic rings. The Bertz CT molecular complexity index is 607. The van der Waals surface area contributed by atoms with Crippen LogP contribution in [0.25, 0.3) is 10.9 Å². The molecule has 0 unspecified atom stereocenters. The first-order valence-corrected chi connectivity index (χ1v) is 7.35. The van der Waals surface area contributed by atoms with Gasteiger partial charge in [0.15, 0.2) is 11.6 Å². The maximum atomic E-state index is 13.4. The molecule has 4 nitrogen and oxygen atoms in total. The van der Waals surface area contributed by atoms with Gasteiger partial charge in [-0.15, -0.1) is 0 Å². The van der Waals surface area contributed by atoms with Crippen LogP contribution in [0, 0.1) is 11.6 Å². The summed E-state index contributed by atoms with van der Waals surface area (Å²) in [6, 6.07) is 2.04. The number of nitrogens with one attached hydrogen (secondary N) is 1. The van der Waals surface area contributed by atoms with Crippen molar-refractivity contribution in [2.75, 3.05) is 18.2 Å². The molecule has 2 atom stereocenters. The molecule has 0 amide bonds. The molecule has 108 valence electrons. The Morgan fingerprint density at radius 3 is 2.65 bits per heavy atom. The summed E-state index contributed by atoms with van der Waals surface area (Å²) < 4.78 is 26.5. The van der Waals surface area contributed by atoms with E-state index in [0.29, 0.717) is 16.7 Å². The van der Waals surface area contributed by atoms with E-state index in [1.54, 1.807) is 0 Å². The van der Waals surface area contributed by atoms with Crippen LogP contribution in [0.4, 0.5) is 14.6 Å². The Balaban J connectivity index is 2.37. The van der Waals surface area contributed by atoms with Gasteiger partial charge in [0.1, 0.15) is 12.1 Å². The van der Waals surface area contributed by atoms with E-state index in [1.807, 2.05) is 13.2 Å². The minimum Gasteiger partial charge on any atom is -0.395 e. The van der Waals surface area contributed by atoms with Crippen molar-refractivity contribution in [1.29, 1.82) is 0 Å². The van der Waals surface area contributed by atoms with Gasteiger partial charge < -0.3 is 10.4 Å². The normalized spacial score (nSPS) is 14.2. The third-order valence-electron chi connectivity index (χ3n) is 3.08. The van der Waals surface area contributed by atoms with Gasteiger partial charge in [-0.25, -0.2) is 18.7 Å². The van der Waals surface area contributed by atoms with Crippen LogP contribution in [0.15, 0.2) is 18.5 Å². The van der Waals surface area contributed by atoms with Crippen LogP contribution < -0.4 is 5.32 Å². The smallest absolute Gasteiger partial charge is 0.161 e. The monoisotopic (exact) mass is 299 g/mol. The number of aliphatic hydroxyl groups excluding tert-OH is 1. The second-order valence-corrected chi connectivity index (χ2v) is 5.47. The van der Waals surface area contributed by atoms with E-state index >= 15 is 0 Å². The number of fused-ring (bicyclic) bond motifs is 1. The number of aromatic nitrogens is 2. The topological polar surface area (TPSA) is 58.0 Å². The number of benzene rings is 1. The molecule has 0 aliphatic carbocycles. The van der Waals surface area contributed by atoms with Gasteiger partial charge in [-0.05, 0) is 19.2 Å². The number of anilines is 1. The molecule has 1 aromatic carbocycles. The third kappa shape index (κ3) is 2.99. The van der Waals surface area contributed by atoms with Crippen LogP contribution in [-0.2, 0) is 0 Å². The minimum absolute atomic E-state index is 0.0152. The average molecular weight is 299 g/mol. The molecule has 20 heavy (non-hydrogen) atoms. The van der Waals surface area contributed by atoms with Crippen molar-refractivity contribution in [2.45, 2.75) is 18.2 Å². The highest BCUT2D eigenvalue weighted by Gasteiger charge is 2.17. The largest absolute Gasteiger partial charge is 0.395 e. The fourth-order valence-electron chi connectivity index (χ4n) is 1.91. The molecule has 0 fully saturated rings. The molecule has 1 aromatic heterocycles. The van der Waals surface area contributed by atoms with Gasteiger partial charge >= 0.3 is 0 Å². The van der Waals surface area contributed by atoms with Crippen molar-refractivity contribution in [3.8, 4) is 0 Å². The number of rotatable bonds is 5. The van der Waals surface area contributed by atoms with Crippen LogP contribution in [0.1, 0.15) is 6.92 Å². The molecule has 2 aromatic rings. The highest BCUT2D eigenvalue weighted by molar-refractivity contribution is 7.99. The van der Waals surface area contributed by atoms with Crippen molar-refractivity contribution in [3.63, 3.8) is 0 Å². The quantitative estimate of drug-likeness (QED) is 0.888. The first-order chi connectivity index (χ1) is 9.56. The molecule has 2 N–H and O–H groups in total. The summed E-state index contributed by atoms with van der Waals surface area (Å²) in [5.74, 6) is -1.45. The van der Waals surface area contributed by atoms with Crippen LogP contribution >= 0.6 is 11.8 Å². The maximum Gasteiger partial charge on any atom is 0.161 e. The lowest BCUT2D eigenvalue weighted by atomic mass is 10.2. The second-order valence-electron chi connectivity index (χ2n) is 4.40. The fourth-order valence-corrected chi connectivity index (χ4v) is 2.54. The summed E-state index contributed by atoms with van der Waals surface area (Å²) >= 11 is 1.52. The highest BCUT2D eigenvalue weighted by atomic mass is 32.2. The molecule has 0 radical (unpaired) electrons. The van der Waals surface area contributed by atoms with E-state index in [0.717, 1.165) is 12.1 Å². The predicted octanol–water partition coefficient (Wildman–Crippen LogP) is 2.43. The number of nitrogens with zero attached hydrogens (tertiary/aromatic N) is 2. The van der Waals surface area contributed by atoms with Crippen LogP contribution in [-0.4, -0.2) is 39.2 Å².